The lowest BCUT2D eigenvalue weighted by molar-refractivity contribution is 0.0697. The van der Waals surface area contributed by atoms with E-state index in [1.807, 2.05) is 0 Å². The van der Waals surface area contributed by atoms with Crippen molar-refractivity contribution in [1.29, 1.82) is 0 Å². The molecule has 1 heterocycles. The molecule has 0 saturated heterocycles. The second-order valence-corrected chi connectivity index (χ2v) is 2.19. The van der Waals surface area contributed by atoms with Crippen LogP contribution >= 0.6 is 0 Å². The molecule has 0 fully saturated rings. The number of hydrogen-bond donors (Lipinski definition) is 2. The summed E-state index contributed by atoms with van der Waals surface area (Å²) >= 11 is 0. The number of carboxylic acids is 1. The molecule has 0 aliphatic carbocycles. The lowest BCUT2D eigenvalue weighted by Gasteiger charge is -1.86. The number of hydrogen-bond acceptors (Lipinski definition) is 2. The highest BCUT2D eigenvalue weighted by Gasteiger charge is 2.16. The molecular formula is C7H5NO2. The third-order valence-electron chi connectivity index (χ3n) is 1.47. The van der Waals surface area contributed by atoms with Crippen molar-refractivity contribution in [3.8, 4) is 0 Å². The largest absolute Gasteiger partial charge is 0.478 e. The summed E-state index contributed by atoms with van der Waals surface area (Å²) in [4.78, 5) is 10.3. The molecule has 3 heteroatoms. The maximum absolute atomic E-state index is 10.3. The van der Waals surface area contributed by atoms with Gasteiger partial charge in [-0.05, 0) is 18.2 Å². The summed E-state index contributed by atoms with van der Waals surface area (Å²) in [6.07, 6.45) is 0. The molecule has 0 aromatic heterocycles. The smallest absolute Gasteiger partial charge is 0.335 e. The van der Waals surface area contributed by atoms with Gasteiger partial charge in [0.05, 0.1) is 16.9 Å². The van der Waals surface area contributed by atoms with Gasteiger partial charge in [-0.3, -0.25) is 0 Å². The van der Waals surface area contributed by atoms with E-state index in [1.54, 1.807) is 18.2 Å². The fourth-order valence-electron chi connectivity index (χ4n) is 0.869. The number of nitrogens with one attached hydrogen (secondary N) is 1. The molecule has 0 saturated carbocycles. The van der Waals surface area contributed by atoms with E-state index in [-0.39, 0.29) is 0 Å². The van der Waals surface area contributed by atoms with Crippen molar-refractivity contribution in [2.75, 3.05) is 5.32 Å². The molecule has 2 N–H and O–H groups in total. The molecule has 0 atom stereocenters. The topological polar surface area (TPSA) is 59.2 Å². The van der Waals surface area contributed by atoms with E-state index in [9.17, 15) is 4.79 Å². The Balaban J connectivity index is 2.48. The number of rotatable bonds is 1. The molecule has 3 nitrogen and oxygen atoms in total. The fraction of sp³-hybridized carbons (Fsp3) is 0. The van der Waals surface area contributed by atoms with Crippen molar-refractivity contribution in [3.05, 3.63) is 23.8 Å². The van der Waals surface area contributed by atoms with E-state index in [0.29, 0.717) is 5.56 Å². The van der Waals surface area contributed by atoms with Crippen LogP contribution in [0.25, 0.3) is 0 Å². The molecule has 1 aromatic carbocycles. The van der Waals surface area contributed by atoms with Crippen LogP contribution < -0.4 is 5.32 Å². The van der Waals surface area contributed by atoms with Crippen molar-refractivity contribution in [1.82, 2.24) is 0 Å². The number of carboxylic acid groups (broad SMARTS) is 1. The average Bonchev–Trinajstić information content (AvgIpc) is 2.63. The first-order valence-electron chi connectivity index (χ1n) is 2.92. The van der Waals surface area contributed by atoms with Gasteiger partial charge in [0, 0.05) is 0 Å². The van der Waals surface area contributed by atoms with Crippen molar-refractivity contribution in [2.24, 2.45) is 0 Å². The van der Waals surface area contributed by atoms with E-state index >= 15 is 0 Å². The predicted molar refractivity (Wildman–Crippen MR) is 36.7 cm³/mol. The van der Waals surface area contributed by atoms with Gasteiger partial charge < -0.3 is 10.4 Å². The van der Waals surface area contributed by atoms with Gasteiger partial charge in [0.25, 0.3) is 0 Å². The quantitative estimate of drug-likeness (QED) is 0.581. The number of benzene rings is 1. The van der Waals surface area contributed by atoms with Crippen LogP contribution in [0, 0.1) is 0 Å². The molecule has 0 unspecified atom stereocenters. The number of anilines is 2. The second-order valence-electron chi connectivity index (χ2n) is 2.19. The van der Waals surface area contributed by atoms with Crippen LogP contribution in [0.1, 0.15) is 10.4 Å². The van der Waals surface area contributed by atoms with Gasteiger partial charge in [0.15, 0.2) is 0 Å². The zero-order valence-electron chi connectivity index (χ0n) is 5.09. The summed E-state index contributed by atoms with van der Waals surface area (Å²) in [6, 6.07) is 4.97. The first kappa shape index (κ1) is 5.29. The lowest BCUT2D eigenvalue weighted by Crippen LogP contribution is -1.92. The van der Waals surface area contributed by atoms with Crippen LogP contribution in [0.2, 0.25) is 0 Å². The van der Waals surface area contributed by atoms with Crippen molar-refractivity contribution in [3.63, 3.8) is 0 Å². The predicted octanol–water partition coefficient (Wildman–Crippen LogP) is 1.44. The van der Waals surface area contributed by atoms with Crippen LogP contribution in [-0.2, 0) is 0 Å². The monoisotopic (exact) mass is 135 g/mol. The molecule has 50 valence electrons. The van der Waals surface area contributed by atoms with E-state index in [4.69, 9.17) is 5.11 Å². The van der Waals surface area contributed by atoms with Crippen LogP contribution in [0.15, 0.2) is 18.2 Å². The maximum Gasteiger partial charge on any atom is 0.335 e. The summed E-state index contributed by atoms with van der Waals surface area (Å²) in [6.45, 7) is 0. The standard InChI is InChI=1S/C7H5NO2/c9-7(10)4-1-2-5-6(3-4)8-5/h1-3,8H,(H,9,10). The zero-order valence-corrected chi connectivity index (χ0v) is 5.09. The summed E-state index contributed by atoms with van der Waals surface area (Å²) in [7, 11) is 0. The Morgan fingerprint density at radius 2 is 2.20 bits per heavy atom. The van der Waals surface area contributed by atoms with Crippen LogP contribution in [0.5, 0.6) is 0 Å². The number of carbonyl (C=O) groups is 1. The van der Waals surface area contributed by atoms with Gasteiger partial charge in [-0.1, -0.05) is 0 Å². The molecular weight excluding hydrogens is 130 g/mol. The molecule has 1 aliphatic heterocycles. The third-order valence-corrected chi connectivity index (χ3v) is 1.47. The Bertz CT molecular complexity index is 306. The van der Waals surface area contributed by atoms with Crippen LogP contribution in [0.3, 0.4) is 0 Å². The van der Waals surface area contributed by atoms with E-state index < -0.39 is 5.97 Å². The molecule has 0 bridgehead atoms. The summed E-state index contributed by atoms with van der Waals surface area (Å²) < 4.78 is 0. The summed E-state index contributed by atoms with van der Waals surface area (Å²) in [5, 5.41) is 11.4. The number of aromatic carboxylic acids is 1. The highest BCUT2D eigenvalue weighted by Crippen LogP contribution is 2.38. The zero-order chi connectivity index (χ0) is 7.14. The van der Waals surface area contributed by atoms with Gasteiger partial charge in [0.1, 0.15) is 0 Å². The first-order chi connectivity index (χ1) is 4.77. The Kier molecular flexibility index (Phi) is 0.795. The van der Waals surface area contributed by atoms with Crippen molar-refractivity contribution >= 4 is 17.3 Å². The highest BCUT2D eigenvalue weighted by atomic mass is 16.4. The van der Waals surface area contributed by atoms with E-state index in [0.717, 1.165) is 11.4 Å². The van der Waals surface area contributed by atoms with Gasteiger partial charge in [-0.25, -0.2) is 4.79 Å². The minimum Gasteiger partial charge on any atom is -0.478 e. The lowest BCUT2D eigenvalue weighted by atomic mass is 10.2. The summed E-state index contributed by atoms with van der Waals surface area (Å²) in [5.74, 6) is -0.878. The Hall–Kier alpha value is -1.51. The SMILES string of the molecule is O=C(O)c1ccc2c(c1)N2. The van der Waals surface area contributed by atoms with Crippen LogP contribution in [-0.4, -0.2) is 11.1 Å². The number of fused-ring (bicyclic) bond motifs is 1. The third kappa shape index (κ3) is 0.639. The van der Waals surface area contributed by atoms with E-state index in [1.165, 1.54) is 0 Å². The molecule has 0 spiro atoms. The Labute approximate surface area is 57.3 Å². The second kappa shape index (κ2) is 1.50. The van der Waals surface area contributed by atoms with Gasteiger partial charge in [0.2, 0.25) is 0 Å². The Morgan fingerprint density at radius 3 is 2.80 bits per heavy atom. The average molecular weight is 135 g/mol. The summed E-state index contributed by atoms with van der Waals surface area (Å²) in [5.41, 5.74) is 2.30. The first-order valence-corrected chi connectivity index (χ1v) is 2.92. The molecule has 1 aliphatic rings. The minimum absolute atomic E-state index is 0.337. The molecule has 0 radical (unpaired) electrons. The van der Waals surface area contributed by atoms with Crippen molar-refractivity contribution in [2.45, 2.75) is 0 Å². The molecule has 2 rings (SSSR count). The van der Waals surface area contributed by atoms with Crippen LogP contribution in [0.4, 0.5) is 11.4 Å². The van der Waals surface area contributed by atoms with Gasteiger partial charge in [-0.15, -0.1) is 0 Å². The molecule has 0 amide bonds. The normalized spacial score (nSPS) is 11.6. The molecule has 10 heavy (non-hydrogen) atoms. The minimum atomic E-state index is -0.878. The van der Waals surface area contributed by atoms with Crippen molar-refractivity contribution < 1.29 is 9.90 Å². The maximum atomic E-state index is 10.3. The van der Waals surface area contributed by atoms with Gasteiger partial charge in [-0.2, -0.15) is 0 Å². The molecule has 1 aromatic rings. The van der Waals surface area contributed by atoms with Gasteiger partial charge >= 0.3 is 5.97 Å². The highest BCUT2D eigenvalue weighted by molar-refractivity contribution is 5.97. The van der Waals surface area contributed by atoms with E-state index in [2.05, 4.69) is 5.32 Å². The fourth-order valence-corrected chi connectivity index (χ4v) is 0.869. The Morgan fingerprint density at radius 1 is 1.40 bits per heavy atom.